The summed E-state index contributed by atoms with van der Waals surface area (Å²) in [7, 11) is 0. The highest BCUT2D eigenvalue weighted by molar-refractivity contribution is 5.72. The van der Waals surface area contributed by atoms with E-state index >= 15 is 8.78 Å². The van der Waals surface area contributed by atoms with Gasteiger partial charge in [-0.3, -0.25) is 0 Å². The first-order chi connectivity index (χ1) is 21.5. The maximum absolute atomic E-state index is 15.0. The van der Waals surface area contributed by atoms with Gasteiger partial charge in [0.05, 0.1) is 0 Å². The van der Waals surface area contributed by atoms with Crippen molar-refractivity contribution in [2.75, 3.05) is 0 Å². The van der Waals surface area contributed by atoms with Crippen molar-refractivity contribution < 1.29 is 39.9 Å². The van der Waals surface area contributed by atoms with Gasteiger partial charge in [0.25, 0.3) is 0 Å². The van der Waals surface area contributed by atoms with Crippen molar-refractivity contribution in [1.82, 2.24) is 9.97 Å². The molecule has 1 aromatic heterocycles. The zero-order valence-corrected chi connectivity index (χ0v) is 23.7. The number of ether oxygens (including phenoxy) is 1. The van der Waals surface area contributed by atoms with E-state index in [0.29, 0.717) is 18.2 Å². The van der Waals surface area contributed by atoms with Crippen molar-refractivity contribution in [3.8, 4) is 39.4 Å². The lowest BCUT2D eigenvalue weighted by molar-refractivity contribution is -0.189. The van der Waals surface area contributed by atoms with Crippen LogP contribution < -0.4 is 4.74 Å². The van der Waals surface area contributed by atoms with Crippen molar-refractivity contribution in [3.63, 3.8) is 0 Å². The Morgan fingerprint density at radius 1 is 0.600 bits per heavy atom. The highest BCUT2D eigenvalue weighted by atomic mass is 19.3. The van der Waals surface area contributed by atoms with Crippen LogP contribution in [0.4, 0.5) is 35.1 Å². The molecule has 232 valence electrons. The Kier molecular flexibility index (Phi) is 9.17. The molecule has 0 radical (unpaired) electrons. The third-order valence-electron chi connectivity index (χ3n) is 7.06. The molecule has 0 unspecified atom stereocenters. The number of hydrogen-bond acceptors (Lipinski definition) is 3. The van der Waals surface area contributed by atoms with E-state index in [4.69, 9.17) is 0 Å². The lowest BCUT2D eigenvalue weighted by Crippen LogP contribution is -2.25. The first kappa shape index (κ1) is 31.6. The standard InChI is InChI=1S/C34H24F8N2O/c1-2-3-4-5-19-17-43-33(44-18-19)22-14-30(39)32(31(40)15-22)34(41,42)45-23-8-10-25(28(37)16-23)20-6-9-24(27(36)12-20)21-7-11-26(35)29(38)13-21/h6-18H,2-5H2,1H3. The average Bonchev–Trinajstić information content (AvgIpc) is 2.98. The molecule has 4 aromatic carbocycles. The molecule has 3 nitrogen and oxygen atoms in total. The first-order valence-electron chi connectivity index (χ1n) is 13.9. The minimum atomic E-state index is -4.55. The molecule has 0 saturated heterocycles. The fourth-order valence-electron chi connectivity index (χ4n) is 4.77. The second-order valence-electron chi connectivity index (χ2n) is 10.3. The van der Waals surface area contributed by atoms with Gasteiger partial charge in [-0.1, -0.05) is 38.0 Å². The number of nitrogens with zero attached hydrogens (tertiary/aromatic N) is 2. The number of alkyl halides is 2. The van der Waals surface area contributed by atoms with Gasteiger partial charge < -0.3 is 4.74 Å². The monoisotopic (exact) mass is 628 g/mol. The molecule has 0 fully saturated rings. The van der Waals surface area contributed by atoms with E-state index in [1.807, 2.05) is 0 Å². The molecule has 0 spiro atoms. The van der Waals surface area contributed by atoms with E-state index in [0.717, 1.165) is 61.6 Å². The summed E-state index contributed by atoms with van der Waals surface area (Å²) in [4.78, 5) is 8.18. The van der Waals surface area contributed by atoms with Gasteiger partial charge in [-0.25, -0.2) is 36.3 Å². The van der Waals surface area contributed by atoms with E-state index in [1.165, 1.54) is 30.6 Å². The fraction of sp³-hybridized carbons (Fsp3) is 0.176. The zero-order chi connectivity index (χ0) is 32.3. The van der Waals surface area contributed by atoms with Crippen LogP contribution in [0.2, 0.25) is 0 Å². The number of unbranched alkanes of at least 4 members (excludes halogenated alkanes) is 2. The molecule has 0 bridgehead atoms. The summed E-state index contributed by atoms with van der Waals surface area (Å²) in [6.45, 7) is 2.06. The van der Waals surface area contributed by atoms with Crippen molar-refractivity contribution in [1.29, 1.82) is 0 Å². The zero-order valence-electron chi connectivity index (χ0n) is 23.7. The predicted octanol–water partition coefficient (Wildman–Crippen LogP) is 10.2. The Hall–Kier alpha value is -4.80. The normalized spacial score (nSPS) is 11.6. The summed E-state index contributed by atoms with van der Waals surface area (Å²) >= 11 is 0. The van der Waals surface area contributed by atoms with Crippen LogP contribution in [0, 0.1) is 34.9 Å². The van der Waals surface area contributed by atoms with Crippen LogP contribution in [0.15, 0.2) is 79.1 Å². The molecule has 0 N–H and O–H groups in total. The molecule has 5 aromatic rings. The molecular weight excluding hydrogens is 604 g/mol. The summed E-state index contributed by atoms with van der Waals surface area (Å²) in [5, 5.41) is 0. The SMILES string of the molecule is CCCCCc1cnc(-c2cc(F)c(C(F)(F)Oc3ccc(-c4ccc(-c5ccc(F)c(F)c5)c(F)c4)c(F)c3)c(F)c2)nc1. The maximum atomic E-state index is 15.0. The first-order valence-corrected chi connectivity index (χ1v) is 13.9. The Labute approximate surface area is 253 Å². The number of aryl methyl sites for hydroxylation is 1. The third kappa shape index (κ3) is 6.97. The van der Waals surface area contributed by atoms with Crippen LogP contribution in [0.1, 0.15) is 37.3 Å². The number of aromatic nitrogens is 2. The molecular formula is C34H24F8N2O. The van der Waals surface area contributed by atoms with Crippen molar-refractivity contribution in [2.24, 2.45) is 0 Å². The Morgan fingerprint density at radius 2 is 1.16 bits per heavy atom. The van der Waals surface area contributed by atoms with Gasteiger partial charge in [0.15, 0.2) is 17.5 Å². The Bertz CT molecular complexity index is 1820. The largest absolute Gasteiger partial charge is 0.432 e. The van der Waals surface area contributed by atoms with Crippen molar-refractivity contribution >= 4 is 0 Å². The number of halogens is 8. The molecule has 0 aliphatic carbocycles. The van der Waals surface area contributed by atoms with Gasteiger partial charge in [0.1, 0.15) is 34.6 Å². The van der Waals surface area contributed by atoms with E-state index in [2.05, 4.69) is 21.6 Å². The Morgan fingerprint density at radius 3 is 1.73 bits per heavy atom. The molecule has 45 heavy (non-hydrogen) atoms. The lowest BCUT2D eigenvalue weighted by atomic mass is 9.99. The molecule has 0 saturated carbocycles. The van der Waals surface area contributed by atoms with Crippen LogP contribution in [-0.4, -0.2) is 9.97 Å². The molecule has 1 heterocycles. The molecule has 0 amide bonds. The van der Waals surface area contributed by atoms with Crippen molar-refractivity contribution in [3.05, 3.63) is 125 Å². The van der Waals surface area contributed by atoms with Crippen molar-refractivity contribution in [2.45, 2.75) is 38.7 Å². The van der Waals surface area contributed by atoms with Gasteiger partial charge in [-0.05, 0) is 72.0 Å². The summed E-state index contributed by atoms with van der Waals surface area (Å²) in [5.41, 5.74) is -1.28. The summed E-state index contributed by atoms with van der Waals surface area (Å²) in [6, 6.07) is 10.1. The van der Waals surface area contributed by atoms with E-state index in [9.17, 15) is 26.3 Å². The van der Waals surface area contributed by atoms with E-state index in [-0.39, 0.29) is 33.6 Å². The van der Waals surface area contributed by atoms with Gasteiger partial charge in [0, 0.05) is 35.2 Å². The quantitative estimate of drug-likeness (QED) is 0.114. The maximum Gasteiger partial charge on any atom is 0.432 e. The smallest absolute Gasteiger partial charge is 0.429 e. The van der Waals surface area contributed by atoms with Crippen LogP contribution in [-0.2, 0) is 12.5 Å². The highest BCUT2D eigenvalue weighted by Gasteiger charge is 2.41. The minimum absolute atomic E-state index is 0.00136. The molecule has 0 aliphatic rings. The van der Waals surface area contributed by atoms with Crippen LogP contribution in [0.3, 0.4) is 0 Å². The predicted molar refractivity (Wildman–Crippen MR) is 152 cm³/mol. The number of benzene rings is 4. The highest BCUT2D eigenvalue weighted by Crippen LogP contribution is 2.38. The summed E-state index contributed by atoms with van der Waals surface area (Å²) in [5.74, 6) is -8.34. The third-order valence-corrected chi connectivity index (χ3v) is 7.06. The van der Waals surface area contributed by atoms with Gasteiger partial charge >= 0.3 is 6.11 Å². The fourth-order valence-corrected chi connectivity index (χ4v) is 4.77. The number of rotatable bonds is 10. The van der Waals surface area contributed by atoms with E-state index < -0.39 is 52.3 Å². The van der Waals surface area contributed by atoms with E-state index in [1.54, 1.807) is 0 Å². The molecule has 0 aliphatic heterocycles. The second kappa shape index (κ2) is 13.1. The second-order valence-corrected chi connectivity index (χ2v) is 10.3. The Balaban J connectivity index is 1.34. The summed E-state index contributed by atoms with van der Waals surface area (Å²) in [6.07, 6.45) is 2.16. The lowest BCUT2D eigenvalue weighted by Gasteiger charge is -2.20. The van der Waals surface area contributed by atoms with Crippen LogP contribution >= 0.6 is 0 Å². The molecule has 0 atom stereocenters. The average molecular weight is 629 g/mol. The van der Waals surface area contributed by atoms with Gasteiger partial charge in [0.2, 0.25) is 0 Å². The van der Waals surface area contributed by atoms with Crippen LogP contribution in [0.25, 0.3) is 33.6 Å². The van der Waals surface area contributed by atoms with Gasteiger partial charge in [-0.15, -0.1) is 0 Å². The number of hydrogen-bond donors (Lipinski definition) is 0. The minimum Gasteiger partial charge on any atom is -0.429 e. The van der Waals surface area contributed by atoms with Crippen LogP contribution in [0.5, 0.6) is 5.75 Å². The summed E-state index contributed by atoms with van der Waals surface area (Å²) < 4.78 is 121. The molecule has 11 heteroatoms. The van der Waals surface area contributed by atoms with Gasteiger partial charge in [-0.2, -0.15) is 8.78 Å². The molecule has 5 rings (SSSR count). The topological polar surface area (TPSA) is 35.0 Å².